The summed E-state index contributed by atoms with van der Waals surface area (Å²) < 4.78 is 0. The van der Waals surface area contributed by atoms with Gasteiger partial charge in [-0.25, -0.2) is 0 Å². The Hall–Kier alpha value is -1.95. The third-order valence-corrected chi connectivity index (χ3v) is 1.56. The first kappa shape index (κ1) is 23.2. The average molecular weight is 285 g/mol. The van der Waals surface area contributed by atoms with E-state index in [0.717, 1.165) is 0 Å². The molecular formula is C14H27N3O3. The maximum Gasteiger partial charge on any atom is 0.292 e. The van der Waals surface area contributed by atoms with Crippen molar-refractivity contribution in [2.24, 2.45) is 5.73 Å². The predicted molar refractivity (Wildman–Crippen MR) is 84.8 cm³/mol. The van der Waals surface area contributed by atoms with Crippen molar-refractivity contribution >= 4 is 17.3 Å². The average Bonchev–Trinajstić information content (AvgIpc) is 2.53. The molecule has 0 radical (unpaired) electrons. The minimum Gasteiger partial charge on any atom is -0.322 e. The highest BCUT2D eigenvalue weighted by atomic mass is 16.6. The van der Waals surface area contributed by atoms with Crippen LogP contribution in [-0.4, -0.2) is 17.4 Å². The van der Waals surface area contributed by atoms with Gasteiger partial charge < -0.3 is 11.1 Å². The van der Waals surface area contributed by atoms with Crippen LogP contribution in [0, 0.1) is 10.1 Å². The van der Waals surface area contributed by atoms with Crippen LogP contribution < -0.4 is 11.1 Å². The molecule has 0 unspecified atom stereocenters. The van der Waals surface area contributed by atoms with Gasteiger partial charge in [0.15, 0.2) is 0 Å². The summed E-state index contributed by atoms with van der Waals surface area (Å²) in [4.78, 5) is 20.8. The fraction of sp³-hybridized carbons (Fsp3) is 0.500. The molecule has 0 aliphatic rings. The van der Waals surface area contributed by atoms with E-state index in [9.17, 15) is 14.9 Å². The summed E-state index contributed by atoms with van der Waals surface area (Å²) in [5.74, 6) is -0.459. The summed E-state index contributed by atoms with van der Waals surface area (Å²) in [7, 11) is 0. The van der Waals surface area contributed by atoms with Gasteiger partial charge in [-0.2, -0.15) is 0 Å². The van der Waals surface area contributed by atoms with Gasteiger partial charge in [-0.1, -0.05) is 53.7 Å². The zero-order valence-electron chi connectivity index (χ0n) is 13.3. The molecule has 0 aromatic heterocycles. The normalized spacial score (nSPS) is 7.55. The highest BCUT2D eigenvalue weighted by molar-refractivity contribution is 5.94. The van der Waals surface area contributed by atoms with Gasteiger partial charge in [-0.3, -0.25) is 14.9 Å². The van der Waals surface area contributed by atoms with E-state index in [2.05, 4.69) is 5.32 Å². The molecule has 1 aromatic rings. The molecule has 3 N–H and O–H groups in total. The lowest BCUT2D eigenvalue weighted by Crippen LogP contribution is -2.22. The Morgan fingerprint density at radius 2 is 1.60 bits per heavy atom. The van der Waals surface area contributed by atoms with Gasteiger partial charge in [0, 0.05) is 6.07 Å². The number of nitrogens with zero attached hydrogens (tertiary/aromatic N) is 1. The number of nitrogens with two attached hydrogens (primary N) is 1. The van der Waals surface area contributed by atoms with Crippen LogP contribution in [0.25, 0.3) is 0 Å². The van der Waals surface area contributed by atoms with Crippen LogP contribution in [0.4, 0.5) is 11.4 Å². The van der Waals surface area contributed by atoms with Crippen LogP contribution in [0.2, 0.25) is 0 Å². The summed E-state index contributed by atoms with van der Waals surface area (Å²) in [6, 6.07) is 5.88. The minimum absolute atomic E-state index is 0.144. The standard InChI is InChI=1S/C8H9N3O3.3C2H6/c9-5-8(12)10-6-3-1-2-4-7(6)11(13)14;3*1-2/h1-4H,5,9H2,(H,10,12);3*1-2H3. The van der Waals surface area contributed by atoms with Crippen LogP contribution in [0.5, 0.6) is 0 Å². The smallest absolute Gasteiger partial charge is 0.292 e. The van der Waals surface area contributed by atoms with Crippen molar-refractivity contribution in [1.82, 2.24) is 0 Å². The first-order valence-corrected chi connectivity index (χ1v) is 6.88. The highest BCUT2D eigenvalue weighted by Crippen LogP contribution is 2.22. The lowest BCUT2D eigenvalue weighted by Gasteiger charge is -2.03. The lowest BCUT2D eigenvalue weighted by atomic mass is 10.2. The molecule has 0 heterocycles. The Labute approximate surface area is 121 Å². The molecule has 0 saturated heterocycles. The largest absolute Gasteiger partial charge is 0.322 e. The monoisotopic (exact) mass is 285 g/mol. The quantitative estimate of drug-likeness (QED) is 0.655. The van der Waals surface area contributed by atoms with Crippen molar-refractivity contribution in [2.75, 3.05) is 11.9 Å². The molecule has 0 spiro atoms. The van der Waals surface area contributed by atoms with Gasteiger partial charge in [0.2, 0.25) is 5.91 Å². The van der Waals surface area contributed by atoms with Crippen LogP contribution in [0.15, 0.2) is 24.3 Å². The Morgan fingerprint density at radius 3 is 2.00 bits per heavy atom. The summed E-state index contributed by atoms with van der Waals surface area (Å²) in [6.07, 6.45) is 0. The maximum atomic E-state index is 10.9. The summed E-state index contributed by atoms with van der Waals surface area (Å²) >= 11 is 0. The third-order valence-electron chi connectivity index (χ3n) is 1.56. The highest BCUT2D eigenvalue weighted by Gasteiger charge is 2.13. The molecule has 1 aromatic carbocycles. The summed E-state index contributed by atoms with van der Waals surface area (Å²) in [6.45, 7) is 11.8. The molecule has 0 aliphatic heterocycles. The molecule has 0 saturated carbocycles. The predicted octanol–water partition coefficient (Wildman–Crippen LogP) is 3.57. The molecular weight excluding hydrogens is 258 g/mol. The number of anilines is 1. The summed E-state index contributed by atoms with van der Waals surface area (Å²) in [5.41, 5.74) is 5.08. The molecule has 0 fully saturated rings. The van der Waals surface area contributed by atoms with E-state index < -0.39 is 10.8 Å². The van der Waals surface area contributed by atoms with Crippen LogP contribution in [0.3, 0.4) is 0 Å². The zero-order chi connectivity index (χ0) is 16.6. The molecule has 20 heavy (non-hydrogen) atoms. The van der Waals surface area contributed by atoms with Gasteiger partial charge in [-0.05, 0) is 6.07 Å². The SMILES string of the molecule is CC.CC.CC.NCC(=O)Nc1ccccc1[N+](=O)[O-]. The Balaban J connectivity index is -0.000000425. The fourth-order valence-corrected chi connectivity index (χ4v) is 0.940. The van der Waals surface area contributed by atoms with Gasteiger partial charge in [0.05, 0.1) is 11.5 Å². The van der Waals surface area contributed by atoms with E-state index in [0.29, 0.717) is 0 Å². The zero-order valence-corrected chi connectivity index (χ0v) is 13.3. The molecule has 0 bridgehead atoms. The Morgan fingerprint density at radius 1 is 1.15 bits per heavy atom. The molecule has 0 atom stereocenters. The Bertz CT molecular complexity index is 368. The second kappa shape index (κ2) is 17.1. The van der Waals surface area contributed by atoms with Crippen molar-refractivity contribution in [1.29, 1.82) is 0 Å². The third kappa shape index (κ3) is 10.0. The van der Waals surface area contributed by atoms with E-state index in [1.807, 2.05) is 41.5 Å². The van der Waals surface area contributed by atoms with Gasteiger partial charge >= 0.3 is 0 Å². The number of benzene rings is 1. The van der Waals surface area contributed by atoms with Gasteiger partial charge in [0.25, 0.3) is 5.69 Å². The van der Waals surface area contributed by atoms with Crippen molar-refractivity contribution in [3.05, 3.63) is 34.4 Å². The molecule has 6 heteroatoms. The van der Waals surface area contributed by atoms with E-state index in [-0.39, 0.29) is 17.9 Å². The molecule has 116 valence electrons. The topological polar surface area (TPSA) is 98.3 Å². The van der Waals surface area contributed by atoms with Gasteiger partial charge in [-0.15, -0.1) is 0 Å². The molecule has 6 nitrogen and oxygen atoms in total. The number of nitro groups is 1. The van der Waals surface area contributed by atoms with Crippen LogP contribution >= 0.6 is 0 Å². The first-order valence-electron chi connectivity index (χ1n) is 6.88. The van der Waals surface area contributed by atoms with Crippen LogP contribution in [-0.2, 0) is 4.79 Å². The number of hydrogen-bond donors (Lipinski definition) is 2. The van der Waals surface area contributed by atoms with Crippen molar-refractivity contribution in [3.63, 3.8) is 0 Å². The maximum absolute atomic E-state index is 10.9. The number of para-hydroxylation sites is 2. The second-order valence-corrected chi connectivity index (χ2v) is 2.53. The molecule has 0 aliphatic carbocycles. The molecule has 1 amide bonds. The van der Waals surface area contributed by atoms with Crippen molar-refractivity contribution in [2.45, 2.75) is 41.5 Å². The number of rotatable bonds is 3. The Kier molecular flexibility index (Phi) is 19.7. The van der Waals surface area contributed by atoms with E-state index in [1.54, 1.807) is 6.07 Å². The lowest BCUT2D eigenvalue weighted by molar-refractivity contribution is -0.383. The number of nitro benzene ring substituents is 1. The van der Waals surface area contributed by atoms with E-state index in [4.69, 9.17) is 5.73 Å². The molecule has 1 rings (SSSR count). The number of hydrogen-bond acceptors (Lipinski definition) is 4. The van der Waals surface area contributed by atoms with Crippen molar-refractivity contribution in [3.8, 4) is 0 Å². The first-order chi connectivity index (χ1) is 9.65. The fourth-order valence-electron chi connectivity index (χ4n) is 0.940. The number of nitrogens with one attached hydrogen (secondary N) is 1. The number of amides is 1. The number of carbonyl (C=O) groups is 1. The van der Waals surface area contributed by atoms with Crippen LogP contribution in [0.1, 0.15) is 41.5 Å². The van der Waals surface area contributed by atoms with Gasteiger partial charge in [0.1, 0.15) is 5.69 Å². The number of carbonyl (C=O) groups excluding carboxylic acids is 1. The van der Waals surface area contributed by atoms with E-state index in [1.165, 1.54) is 18.2 Å². The van der Waals surface area contributed by atoms with Crippen molar-refractivity contribution < 1.29 is 9.72 Å². The summed E-state index contributed by atoms with van der Waals surface area (Å²) in [5, 5.41) is 12.9. The second-order valence-electron chi connectivity index (χ2n) is 2.53. The minimum atomic E-state index is -0.563. The van der Waals surface area contributed by atoms with E-state index >= 15 is 0 Å².